The molecule has 1 amide bonds. The average Bonchev–Trinajstić information content (AvgIpc) is 2.64. The Kier molecular flexibility index (Phi) is 3.63. The van der Waals surface area contributed by atoms with E-state index in [1.165, 1.54) is 5.32 Å². The van der Waals surface area contributed by atoms with Gasteiger partial charge in [-0.2, -0.15) is 22.0 Å². The lowest BCUT2D eigenvalue weighted by Crippen LogP contribution is -2.52. The number of carboxylic acids is 1. The van der Waals surface area contributed by atoms with E-state index in [0.717, 1.165) is 12.2 Å². The first-order chi connectivity index (χ1) is 8.05. The summed E-state index contributed by atoms with van der Waals surface area (Å²) in [6.45, 7) is 0. The Labute approximate surface area is 97.5 Å². The third-order valence-corrected chi connectivity index (χ3v) is 2.36. The monoisotopic (exact) mass is 273 g/mol. The van der Waals surface area contributed by atoms with Gasteiger partial charge in [0.15, 0.2) is 0 Å². The minimum absolute atomic E-state index is 0.255. The van der Waals surface area contributed by atoms with Crippen LogP contribution in [0.5, 0.6) is 0 Å². The van der Waals surface area contributed by atoms with E-state index in [-0.39, 0.29) is 6.42 Å². The van der Waals surface area contributed by atoms with Crippen LogP contribution in [0.3, 0.4) is 0 Å². The molecule has 0 bridgehead atoms. The van der Waals surface area contributed by atoms with Crippen LogP contribution in [-0.4, -0.2) is 35.1 Å². The van der Waals surface area contributed by atoms with Gasteiger partial charge in [0.05, 0.1) is 5.92 Å². The van der Waals surface area contributed by atoms with Gasteiger partial charge in [0.2, 0.25) is 0 Å². The smallest absolute Gasteiger partial charge is 0.463 e. The van der Waals surface area contributed by atoms with Crippen LogP contribution in [0.2, 0.25) is 0 Å². The molecule has 0 spiro atoms. The number of halogens is 5. The summed E-state index contributed by atoms with van der Waals surface area (Å²) in [7, 11) is 0. The molecule has 4 nitrogen and oxygen atoms in total. The Balaban J connectivity index is 2.63. The van der Waals surface area contributed by atoms with E-state index in [9.17, 15) is 31.5 Å². The van der Waals surface area contributed by atoms with Crippen molar-refractivity contribution < 1.29 is 36.6 Å². The molecule has 0 heterocycles. The van der Waals surface area contributed by atoms with Crippen molar-refractivity contribution in [1.82, 2.24) is 5.32 Å². The van der Waals surface area contributed by atoms with Crippen LogP contribution in [0.15, 0.2) is 12.2 Å². The zero-order valence-corrected chi connectivity index (χ0v) is 8.67. The summed E-state index contributed by atoms with van der Waals surface area (Å²) >= 11 is 0. The van der Waals surface area contributed by atoms with Gasteiger partial charge >= 0.3 is 24.0 Å². The number of carbonyl (C=O) groups is 2. The molecule has 0 aliphatic heterocycles. The van der Waals surface area contributed by atoms with E-state index in [1.807, 2.05) is 0 Å². The van der Waals surface area contributed by atoms with Crippen molar-refractivity contribution >= 4 is 11.9 Å². The summed E-state index contributed by atoms with van der Waals surface area (Å²) in [6, 6.07) is -1.15. The second-order valence-corrected chi connectivity index (χ2v) is 3.72. The molecular formula is C9H8F5NO3. The van der Waals surface area contributed by atoms with E-state index in [4.69, 9.17) is 5.11 Å². The standard InChI is InChI=1S/C9H8F5NO3/c10-8(11,9(12,13)14)7(18)15-5-2-1-4(3-5)6(16)17/h1-2,4-5H,3H2,(H,15,18)(H,16,17). The van der Waals surface area contributed by atoms with E-state index < -0.39 is 35.9 Å². The van der Waals surface area contributed by atoms with Gasteiger partial charge in [-0.3, -0.25) is 9.59 Å². The third kappa shape index (κ3) is 2.77. The zero-order chi connectivity index (χ0) is 14.1. The van der Waals surface area contributed by atoms with Gasteiger partial charge in [-0.05, 0) is 6.42 Å². The lowest BCUT2D eigenvalue weighted by atomic mass is 10.1. The van der Waals surface area contributed by atoms with Crippen LogP contribution in [0.4, 0.5) is 22.0 Å². The van der Waals surface area contributed by atoms with Crippen LogP contribution in [-0.2, 0) is 9.59 Å². The first-order valence-corrected chi connectivity index (χ1v) is 4.72. The summed E-state index contributed by atoms with van der Waals surface area (Å²) in [5.74, 6) is -10.2. The highest BCUT2D eigenvalue weighted by Gasteiger charge is 2.63. The summed E-state index contributed by atoms with van der Waals surface area (Å²) in [6.07, 6.45) is -4.04. The summed E-state index contributed by atoms with van der Waals surface area (Å²) < 4.78 is 60.6. The van der Waals surface area contributed by atoms with Crippen molar-refractivity contribution in [2.75, 3.05) is 0 Å². The van der Waals surface area contributed by atoms with E-state index in [1.54, 1.807) is 0 Å². The van der Waals surface area contributed by atoms with Gasteiger partial charge in [-0.1, -0.05) is 12.2 Å². The van der Waals surface area contributed by atoms with Gasteiger partial charge in [0.25, 0.3) is 0 Å². The molecule has 0 fully saturated rings. The Morgan fingerprint density at radius 1 is 1.17 bits per heavy atom. The predicted octanol–water partition coefficient (Wildman–Crippen LogP) is 1.33. The summed E-state index contributed by atoms with van der Waals surface area (Å²) in [4.78, 5) is 21.3. The molecular weight excluding hydrogens is 265 g/mol. The second kappa shape index (κ2) is 4.54. The maximum Gasteiger partial charge on any atom is 0.463 e. The minimum atomic E-state index is -5.98. The van der Waals surface area contributed by atoms with Crippen molar-refractivity contribution in [3.8, 4) is 0 Å². The number of nitrogens with one attached hydrogen (secondary N) is 1. The number of carbonyl (C=O) groups excluding carboxylic acids is 1. The molecule has 102 valence electrons. The minimum Gasteiger partial charge on any atom is -0.481 e. The lowest BCUT2D eigenvalue weighted by molar-refractivity contribution is -0.269. The summed E-state index contributed by atoms with van der Waals surface area (Å²) in [5.41, 5.74) is 0. The first kappa shape index (κ1) is 14.4. The number of aliphatic carboxylic acids is 1. The lowest BCUT2D eigenvalue weighted by Gasteiger charge is -2.20. The van der Waals surface area contributed by atoms with Crippen LogP contribution in [0.1, 0.15) is 6.42 Å². The molecule has 1 rings (SSSR count). The molecule has 18 heavy (non-hydrogen) atoms. The topological polar surface area (TPSA) is 66.4 Å². The maximum atomic E-state index is 12.6. The molecule has 0 aromatic rings. The van der Waals surface area contributed by atoms with Crippen molar-refractivity contribution in [3.05, 3.63) is 12.2 Å². The highest BCUT2D eigenvalue weighted by atomic mass is 19.4. The van der Waals surface area contributed by atoms with Crippen LogP contribution < -0.4 is 5.32 Å². The van der Waals surface area contributed by atoms with Gasteiger partial charge in [-0.15, -0.1) is 0 Å². The fourth-order valence-electron chi connectivity index (χ4n) is 1.38. The van der Waals surface area contributed by atoms with Crippen molar-refractivity contribution in [3.63, 3.8) is 0 Å². The molecule has 2 unspecified atom stereocenters. The number of alkyl halides is 5. The SMILES string of the molecule is O=C(O)C1C=CC(NC(=O)C(F)(F)C(F)(F)F)C1. The highest BCUT2D eigenvalue weighted by molar-refractivity contribution is 5.85. The molecule has 2 atom stereocenters. The Morgan fingerprint density at radius 2 is 1.72 bits per heavy atom. The maximum absolute atomic E-state index is 12.6. The molecule has 0 aromatic heterocycles. The fourth-order valence-corrected chi connectivity index (χ4v) is 1.38. The van der Waals surface area contributed by atoms with Gasteiger partial charge < -0.3 is 10.4 Å². The number of hydrogen-bond acceptors (Lipinski definition) is 2. The predicted molar refractivity (Wildman–Crippen MR) is 47.8 cm³/mol. The van der Waals surface area contributed by atoms with Gasteiger partial charge in [0, 0.05) is 6.04 Å². The Hall–Kier alpha value is -1.67. The zero-order valence-electron chi connectivity index (χ0n) is 8.67. The highest BCUT2D eigenvalue weighted by Crippen LogP contribution is 2.35. The Morgan fingerprint density at radius 3 is 2.11 bits per heavy atom. The summed E-state index contributed by atoms with van der Waals surface area (Å²) in [5, 5.41) is 10.0. The Bertz CT molecular complexity index is 390. The number of amides is 1. The molecule has 0 radical (unpaired) electrons. The van der Waals surface area contributed by atoms with Crippen LogP contribution in [0, 0.1) is 5.92 Å². The van der Waals surface area contributed by atoms with Crippen molar-refractivity contribution in [2.45, 2.75) is 24.6 Å². The molecule has 0 saturated heterocycles. The molecule has 0 saturated carbocycles. The normalized spacial score (nSPS) is 24.1. The van der Waals surface area contributed by atoms with Crippen molar-refractivity contribution in [1.29, 1.82) is 0 Å². The fraction of sp³-hybridized carbons (Fsp3) is 0.556. The average molecular weight is 273 g/mol. The van der Waals surface area contributed by atoms with Gasteiger partial charge in [-0.25, -0.2) is 0 Å². The second-order valence-electron chi connectivity index (χ2n) is 3.72. The quantitative estimate of drug-likeness (QED) is 0.602. The van der Waals surface area contributed by atoms with E-state index in [2.05, 4.69) is 0 Å². The third-order valence-electron chi connectivity index (χ3n) is 2.36. The van der Waals surface area contributed by atoms with Crippen LogP contribution in [0.25, 0.3) is 0 Å². The number of rotatable bonds is 3. The van der Waals surface area contributed by atoms with E-state index in [0.29, 0.717) is 0 Å². The molecule has 0 aromatic carbocycles. The first-order valence-electron chi connectivity index (χ1n) is 4.72. The van der Waals surface area contributed by atoms with Gasteiger partial charge in [0.1, 0.15) is 0 Å². The number of carboxylic acid groups (broad SMARTS) is 1. The molecule has 9 heteroatoms. The van der Waals surface area contributed by atoms with E-state index >= 15 is 0 Å². The molecule has 1 aliphatic rings. The number of hydrogen-bond donors (Lipinski definition) is 2. The largest absolute Gasteiger partial charge is 0.481 e. The van der Waals surface area contributed by atoms with Crippen LogP contribution >= 0.6 is 0 Å². The molecule has 2 N–H and O–H groups in total. The van der Waals surface area contributed by atoms with Crippen molar-refractivity contribution in [2.24, 2.45) is 5.92 Å². The molecule has 1 aliphatic carbocycles.